The van der Waals surface area contributed by atoms with Gasteiger partial charge >= 0.3 is 5.56 Å². The van der Waals surface area contributed by atoms with E-state index >= 15 is 0 Å². The van der Waals surface area contributed by atoms with E-state index in [-0.39, 0.29) is 28.9 Å². The molecule has 11 heteroatoms. The lowest BCUT2D eigenvalue weighted by Crippen LogP contribution is -2.49. The number of carbonyl (C=O) groups excluding carboxylic acids is 1. The van der Waals surface area contributed by atoms with Crippen LogP contribution in [0.1, 0.15) is 0 Å². The molecule has 0 saturated carbocycles. The first kappa shape index (κ1) is 22.1. The van der Waals surface area contributed by atoms with Gasteiger partial charge in [0, 0.05) is 49.9 Å². The summed E-state index contributed by atoms with van der Waals surface area (Å²) in [6, 6.07) is 11.9. The fraction of sp³-hybridized carbons (Fsp3) is 0.217. The minimum absolute atomic E-state index is 0.0276. The summed E-state index contributed by atoms with van der Waals surface area (Å²) in [6.07, 6.45) is 3.21. The Labute approximate surface area is 197 Å². The molecule has 1 fully saturated rings. The molecular weight excluding hydrogens is 462 g/mol. The van der Waals surface area contributed by atoms with Crippen LogP contribution >= 0.6 is 11.8 Å². The average molecular weight is 483 g/mol. The zero-order valence-electron chi connectivity index (χ0n) is 18.0. The number of aromatic nitrogens is 4. The van der Waals surface area contributed by atoms with Crippen molar-refractivity contribution in [3.8, 4) is 5.69 Å². The number of benzene rings is 2. The van der Waals surface area contributed by atoms with Gasteiger partial charge < -0.3 is 9.80 Å². The van der Waals surface area contributed by atoms with Gasteiger partial charge in [-0.25, -0.2) is 8.78 Å². The third-order valence-corrected chi connectivity index (χ3v) is 6.62. The Kier molecular flexibility index (Phi) is 6.01. The molecule has 4 aromatic rings. The first-order valence-corrected chi connectivity index (χ1v) is 11.6. The van der Waals surface area contributed by atoms with E-state index in [1.807, 2.05) is 0 Å². The predicted molar refractivity (Wildman–Crippen MR) is 124 cm³/mol. The normalized spacial score (nSPS) is 14.1. The number of carbonyl (C=O) groups is 1. The summed E-state index contributed by atoms with van der Waals surface area (Å²) < 4.78 is 29.2. The highest BCUT2D eigenvalue weighted by atomic mass is 32.2. The molecule has 0 spiro atoms. The molecule has 0 radical (unpaired) electrons. The highest BCUT2D eigenvalue weighted by Gasteiger charge is 2.22. The van der Waals surface area contributed by atoms with Crippen molar-refractivity contribution >= 4 is 29.0 Å². The molecule has 2 aromatic heterocycles. The molecule has 34 heavy (non-hydrogen) atoms. The van der Waals surface area contributed by atoms with Crippen LogP contribution < -0.4 is 10.5 Å². The van der Waals surface area contributed by atoms with Crippen LogP contribution in [0.5, 0.6) is 0 Å². The zero-order chi connectivity index (χ0) is 23.7. The maximum Gasteiger partial charge on any atom is 0.300 e. The number of nitrogens with zero attached hydrogens (tertiary/aromatic N) is 6. The topological polar surface area (TPSA) is 75.7 Å². The zero-order valence-corrected chi connectivity index (χ0v) is 18.8. The van der Waals surface area contributed by atoms with Gasteiger partial charge in [0.1, 0.15) is 11.6 Å². The Hall–Kier alpha value is -3.73. The summed E-state index contributed by atoms with van der Waals surface area (Å²) in [4.78, 5) is 29.5. The minimum atomic E-state index is -0.392. The molecule has 2 aromatic carbocycles. The molecule has 3 heterocycles. The van der Waals surface area contributed by atoms with E-state index in [0.29, 0.717) is 37.0 Å². The maximum absolute atomic E-state index is 13.2. The summed E-state index contributed by atoms with van der Waals surface area (Å²) in [7, 11) is 0. The second-order valence-electron chi connectivity index (χ2n) is 7.76. The lowest BCUT2D eigenvalue weighted by atomic mass is 10.2. The van der Waals surface area contributed by atoms with Crippen LogP contribution in [0.15, 0.2) is 70.9 Å². The summed E-state index contributed by atoms with van der Waals surface area (Å²) in [5.74, 6) is -0.524. The quantitative estimate of drug-likeness (QED) is 0.407. The number of halogens is 2. The molecule has 1 aliphatic heterocycles. The molecule has 1 saturated heterocycles. The minimum Gasteiger partial charge on any atom is -0.368 e. The van der Waals surface area contributed by atoms with E-state index in [9.17, 15) is 18.4 Å². The second kappa shape index (κ2) is 9.26. The van der Waals surface area contributed by atoms with E-state index in [4.69, 9.17) is 0 Å². The van der Waals surface area contributed by atoms with Gasteiger partial charge in [0.2, 0.25) is 11.6 Å². The van der Waals surface area contributed by atoms with Crippen molar-refractivity contribution in [3.63, 3.8) is 0 Å². The average Bonchev–Trinajstić information content (AvgIpc) is 3.28. The highest BCUT2D eigenvalue weighted by molar-refractivity contribution is 7.99. The Morgan fingerprint density at radius 1 is 0.853 bits per heavy atom. The molecule has 0 bridgehead atoms. The van der Waals surface area contributed by atoms with Gasteiger partial charge in [-0.05, 0) is 48.5 Å². The molecule has 1 aliphatic rings. The van der Waals surface area contributed by atoms with E-state index in [1.165, 1.54) is 52.7 Å². The predicted octanol–water partition coefficient (Wildman–Crippen LogP) is 2.60. The largest absolute Gasteiger partial charge is 0.368 e. The Bertz CT molecular complexity index is 1380. The van der Waals surface area contributed by atoms with Gasteiger partial charge in [0.25, 0.3) is 0 Å². The molecule has 0 atom stereocenters. The van der Waals surface area contributed by atoms with Crippen molar-refractivity contribution in [1.29, 1.82) is 0 Å². The van der Waals surface area contributed by atoms with E-state index in [2.05, 4.69) is 15.1 Å². The summed E-state index contributed by atoms with van der Waals surface area (Å²) in [6.45, 7) is 2.47. The first-order valence-electron chi connectivity index (χ1n) is 10.6. The SMILES string of the molecule is O=C(CSc1nnc2c(=O)n(-c3ccc(F)cc3)ccn12)N1CCN(c2ccc(F)cc2)CC1. The number of thioether (sulfide) groups is 1. The van der Waals surface area contributed by atoms with Crippen molar-refractivity contribution in [2.75, 3.05) is 36.8 Å². The van der Waals surface area contributed by atoms with Crippen LogP contribution in [0.4, 0.5) is 14.5 Å². The van der Waals surface area contributed by atoms with Crippen LogP contribution in [0.25, 0.3) is 11.3 Å². The fourth-order valence-electron chi connectivity index (χ4n) is 3.85. The smallest absolute Gasteiger partial charge is 0.300 e. The van der Waals surface area contributed by atoms with Crippen LogP contribution in [0, 0.1) is 11.6 Å². The van der Waals surface area contributed by atoms with Crippen molar-refractivity contribution in [2.45, 2.75) is 5.16 Å². The Morgan fingerprint density at radius 2 is 1.47 bits per heavy atom. The van der Waals surface area contributed by atoms with Crippen LogP contribution in [0.3, 0.4) is 0 Å². The lowest BCUT2D eigenvalue weighted by Gasteiger charge is -2.36. The first-order chi connectivity index (χ1) is 16.5. The van der Waals surface area contributed by atoms with Gasteiger partial charge in [-0.15, -0.1) is 10.2 Å². The monoisotopic (exact) mass is 482 g/mol. The van der Waals surface area contributed by atoms with Crippen molar-refractivity contribution < 1.29 is 13.6 Å². The number of amides is 1. The number of fused-ring (bicyclic) bond motifs is 1. The van der Waals surface area contributed by atoms with Gasteiger partial charge in [0.05, 0.1) is 5.75 Å². The van der Waals surface area contributed by atoms with E-state index < -0.39 is 5.56 Å². The standard InChI is InChI=1S/C23H20F2N6O2S/c24-16-1-5-18(6-2-16)28-9-11-29(12-10-28)20(32)15-34-23-27-26-21-22(33)30(13-14-31(21)23)19-7-3-17(25)4-8-19/h1-8,13-14H,9-12,15H2. The van der Waals surface area contributed by atoms with Crippen molar-refractivity contribution in [3.05, 3.63) is 82.9 Å². The third kappa shape index (κ3) is 4.38. The summed E-state index contributed by atoms with van der Waals surface area (Å²) >= 11 is 1.21. The summed E-state index contributed by atoms with van der Waals surface area (Å²) in [5.41, 5.74) is 1.18. The molecule has 8 nitrogen and oxygen atoms in total. The number of hydrogen-bond donors (Lipinski definition) is 0. The van der Waals surface area contributed by atoms with E-state index in [0.717, 1.165) is 5.69 Å². The maximum atomic E-state index is 13.2. The number of hydrogen-bond acceptors (Lipinski definition) is 6. The summed E-state index contributed by atoms with van der Waals surface area (Å²) in [5, 5.41) is 8.50. The lowest BCUT2D eigenvalue weighted by molar-refractivity contribution is -0.128. The Morgan fingerprint density at radius 3 is 2.12 bits per heavy atom. The number of piperazine rings is 1. The molecule has 5 rings (SSSR count). The highest BCUT2D eigenvalue weighted by Crippen LogP contribution is 2.20. The van der Waals surface area contributed by atoms with Crippen LogP contribution in [-0.2, 0) is 4.79 Å². The van der Waals surface area contributed by atoms with E-state index in [1.54, 1.807) is 33.8 Å². The van der Waals surface area contributed by atoms with Crippen molar-refractivity contribution in [2.24, 2.45) is 0 Å². The van der Waals surface area contributed by atoms with Crippen molar-refractivity contribution in [1.82, 2.24) is 24.1 Å². The molecule has 0 aliphatic carbocycles. The van der Waals surface area contributed by atoms with Crippen LogP contribution in [0.2, 0.25) is 0 Å². The number of rotatable bonds is 5. The molecule has 0 unspecified atom stereocenters. The number of anilines is 1. The van der Waals surface area contributed by atoms with Crippen LogP contribution in [-0.4, -0.2) is 61.9 Å². The van der Waals surface area contributed by atoms with Gasteiger partial charge in [0.15, 0.2) is 5.16 Å². The van der Waals surface area contributed by atoms with Gasteiger partial charge in [-0.2, -0.15) is 0 Å². The third-order valence-electron chi connectivity index (χ3n) is 5.69. The second-order valence-corrected chi connectivity index (χ2v) is 8.70. The molecule has 1 amide bonds. The molecule has 174 valence electrons. The molecule has 0 N–H and O–H groups in total. The van der Waals surface area contributed by atoms with Gasteiger partial charge in [-0.1, -0.05) is 11.8 Å². The van der Waals surface area contributed by atoms with Gasteiger partial charge in [-0.3, -0.25) is 18.6 Å². The Balaban J connectivity index is 1.22. The molecular formula is C23H20F2N6O2S. The fourth-order valence-corrected chi connectivity index (χ4v) is 4.67.